The van der Waals surface area contributed by atoms with Crippen molar-refractivity contribution in [2.45, 2.75) is 13.0 Å². The summed E-state index contributed by atoms with van der Waals surface area (Å²) in [6.45, 7) is 1.90. The summed E-state index contributed by atoms with van der Waals surface area (Å²) in [6.07, 6.45) is 0. The Balaban J connectivity index is 1.63. The van der Waals surface area contributed by atoms with E-state index in [2.05, 4.69) is 5.32 Å². The topological polar surface area (TPSA) is 81.4 Å². The second-order valence-electron chi connectivity index (χ2n) is 6.27. The van der Waals surface area contributed by atoms with Crippen molar-refractivity contribution in [2.75, 3.05) is 0 Å². The maximum absolute atomic E-state index is 12.5. The van der Waals surface area contributed by atoms with E-state index in [1.165, 1.54) is 0 Å². The van der Waals surface area contributed by atoms with Crippen molar-refractivity contribution < 1.29 is 14.3 Å². The van der Waals surface area contributed by atoms with Gasteiger partial charge in [0.1, 0.15) is 11.5 Å². The highest BCUT2D eigenvalue weighted by molar-refractivity contribution is 6.30. The molecule has 0 aliphatic heterocycles. The fraction of sp³-hybridized carbons (Fsp3) is 0.0909. The van der Waals surface area contributed by atoms with Crippen LogP contribution in [-0.4, -0.2) is 11.8 Å². The highest BCUT2D eigenvalue weighted by atomic mass is 35.5. The molecule has 0 saturated heterocycles. The Morgan fingerprint density at radius 3 is 2.04 bits per heavy atom. The number of hydrogen-bond acceptors (Lipinski definition) is 3. The van der Waals surface area contributed by atoms with Gasteiger partial charge in [0, 0.05) is 16.1 Å². The van der Waals surface area contributed by atoms with Gasteiger partial charge in [0.25, 0.3) is 5.91 Å². The van der Waals surface area contributed by atoms with Crippen LogP contribution in [0.5, 0.6) is 11.5 Å². The van der Waals surface area contributed by atoms with Gasteiger partial charge in [-0.15, -0.1) is 0 Å². The standard InChI is InChI=1S/C22H19ClN2O3/c1-14(17-3-2-4-18(23)13-17)25-22(27)16-7-11-20(12-8-16)28-19-9-5-15(6-10-19)21(24)26/h2-14H,1H3,(H2,24,26)(H,25,27). The number of primary amides is 1. The highest BCUT2D eigenvalue weighted by Crippen LogP contribution is 2.23. The normalized spacial score (nSPS) is 11.5. The first kappa shape index (κ1) is 19.5. The summed E-state index contributed by atoms with van der Waals surface area (Å²) in [5, 5.41) is 3.57. The van der Waals surface area contributed by atoms with Crippen LogP contribution in [0, 0.1) is 0 Å². The SMILES string of the molecule is CC(NC(=O)c1ccc(Oc2ccc(C(N)=O)cc2)cc1)c1cccc(Cl)c1. The smallest absolute Gasteiger partial charge is 0.251 e. The molecule has 3 N–H and O–H groups in total. The molecule has 0 spiro atoms. The van der Waals surface area contributed by atoms with E-state index in [4.69, 9.17) is 22.1 Å². The molecule has 3 aromatic rings. The first-order valence-electron chi connectivity index (χ1n) is 8.66. The monoisotopic (exact) mass is 394 g/mol. The number of halogens is 1. The second kappa shape index (κ2) is 8.59. The molecule has 142 valence electrons. The molecule has 1 atom stereocenters. The van der Waals surface area contributed by atoms with Crippen LogP contribution >= 0.6 is 11.6 Å². The van der Waals surface area contributed by atoms with Crippen molar-refractivity contribution in [3.05, 3.63) is 94.5 Å². The number of nitrogens with one attached hydrogen (secondary N) is 1. The van der Waals surface area contributed by atoms with Gasteiger partial charge in [-0.05, 0) is 73.2 Å². The number of hydrogen-bond donors (Lipinski definition) is 2. The van der Waals surface area contributed by atoms with Crippen molar-refractivity contribution in [3.63, 3.8) is 0 Å². The number of nitrogens with two attached hydrogens (primary N) is 1. The van der Waals surface area contributed by atoms with Crippen molar-refractivity contribution in [3.8, 4) is 11.5 Å². The minimum absolute atomic E-state index is 0.175. The van der Waals surface area contributed by atoms with Crippen LogP contribution in [0.3, 0.4) is 0 Å². The van der Waals surface area contributed by atoms with Crippen molar-refractivity contribution in [1.82, 2.24) is 5.32 Å². The average molecular weight is 395 g/mol. The molecule has 0 radical (unpaired) electrons. The average Bonchev–Trinajstić information content (AvgIpc) is 2.69. The predicted octanol–water partition coefficient (Wildman–Crippen LogP) is 4.72. The Labute approximate surface area is 168 Å². The van der Waals surface area contributed by atoms with Crippen LogP contribution in [0.4, 0.5) is 0 Å². The van der Waals surface area contributed by atoms with Gasteiger partial charge >= 0.3 is 0 Å². The Morgan fingerprint density at radius 1 is 0.929 bits per heavy atom. The molecule has 2 amide bonds. The molecule has 3 aromatic carbocycles. The minimum Gasteiger partial charge on any atom is -0.457 e. The predicted molar refractivity (Wildman–Crippen MR) is 109 cm³/mol. The van der Waals surface area contributed by atoms with Crippen molar-refractivity contribution >= 4 is 23.4 Å². The van der Waals surface area contributed by atoms with E-state index < -0.39 is 5.91 Å². The molecule has 0 saturated carbocycles. The molecule has 1 unspecified atom stereocenters. The highest BCUT2D eigenvalue weighted by Gasteiger charge is 2.12. The summed E-state index contributed by atoms with van der Waals surface area (Å²) < 4.78 is 5.71. The molecule has 0 aliphatic rings. The van der Waals surface area contributed by atoms with Crippen LogP contribution in [0.15, 0.2) is 72.8 Å². The Kier molecular flexibility index (Phi) is 5.96. The molecule has 0 bridgehead atoms. The number of amides is 2. The van der Waals surface area contributed by atoms with Crippen LogP contribution < -0.4 is 15.8 Å². The van der Waals surface area contributed by atoms with Gasteiger partial charge in [0.05, 0.1) is 6.04 Å². The van der Waals surface area contributed by atoms with Crippen molar-refractivity contribution in [2.24, 2.45) is 5.73 Å². The summed E-state index contributed by atoms with van der Waals surface area (Å²) in [6, 6.07) is 20.5. The third kappa shape index (κ3) is 4.90. The van der Waals surface area contributed by atoms with Crippen LogP contribution in [0.25, 0.3) is 0 Å². The van der Waals surface area contributed by atoms with Crippen LogP contribution in [0.1, 0.15) is 39.2 Å². The summed E-state index contributed by atoms with van der Waals surface area (Å²) in [5.74, 6) is 0.460. The molecule has 0 aromatic heterocycles. The van der Waals surface area contributed by atoms with E-state index in [1.54, 1.807) is 54.6 Å². The van der Waals surface area contributed by atoms with Crippen molar-refractivity contribution in [1.29, 1.82) is 0 Å². The lowest BCUT2D eigenvalue weighted by atomic mass is 10.1. The van der Waals surface area contributed by atoms with Gasteiger partial charge in [0.2, 0.25) is 5.91 Å². The molecular formula is C22H19ClN2O3. The fourth-order valence-electron chi connectivity index (χ4n) is 2.64. The molecule has 5 nitrogen and oxygen atoms in total. The lowest BCUT2D eigenvalue weighted by molar-refractivity contribution is 0.0938. The largest absolute Gasteiger partial charge is 0.457 e. The van der Waals surface area contributed by atoms with E-state index in [0.717, 1.165) is 5.56 Å². The van der Waals surface area contributed by atoms with Gasteiger partial charge in [0.15, 0.2) is 0 Å². The maximum atomic E-state index is 12.5. The van der Waals surface area contributed by atoms with Gasteiger partial charge in [-0.1, -0.05) is 23.7 Å². The molecule has 28 heavy (non-hydrogen) atoms. The third-order valence-electron chi connectivity index (χ3n) is 4.19. The Bertz CT molecular complexity index is 985. The molecule has 0 heterocycles. The van der Waals surface area contributed by atoms with Gasteiger partial charge in [-0.3, -0.25) is 9.59 Å². The van der Waals surface area contributed by atoms with E-state index >= 15 is 0 Å². The molecule has 0 fully saturated rings. The fourth-order valence-corrected chi connectivity index (χ4v) is 2.84. The third-order valence-corrected chi connectivity index (χ3v) is 4.42. The van der Waals surface area contributed by atoms with Gasteiger partial charge < -0.3 is 15.8 Å². The zero-order chi connectivity index (χ0) is 20.1. The number of ether oxygens (including phenoxy) is 1. The minimum atomic E-state index is -0.492. The molecule has 0 aliphatic carbocycles. The number of carbonyl (C=O) groups excluding carboxylic acids is 2. The zero-order valence-corrected chi connectivity index (χ0v) is 15.9. The van der Waals surface area contributed by atoms with Crippen LogP contribution in [-0.2, 0) is 0 Å². The van der Waals surface area contributed by atoms with Gasteiger partial charge in [-0.2, -0.15) is 0 Å². The molecule has 3 rings (SSSR count). The summed E-state index contributed by atoms with van der Waals surface area (Å²) >= 11 is 6.00. The number of benzene rings is 3. The lowest BCUT2D eigenvalue weighted by Crippen LogP contribution is -2.26. The Hall–Kier alpha value is -3.31. The summed E-state index contributed by atoms with van der Waals surface area (Å²) in [5.41, 5.74) is 7.08. The summed E-state index contributed by atoms with van der Waals surface area (Å²) in [4.78, 5) is 23.5. The summed E-state index contributed by atoms with van der Waals surface area (Å²) in [7, 11) is 0. The van der Waals surface area contributed by atoms with E-state index in [1.807, 2.05) is 25.1 Å². The maximum Gasteiger partial charge on any atom is 0.251 e. The second-order valence-corrected chi connectivity index (χ2v) is 6.70. The first-order valence-corrected chi connectivity index (χ1v) is 9.04. The van der Waals surface area contributed by atoms with Crippen LogP contribution in [0.2, 0.25) is 5.02 Å². The zero-order valence-electron chi connectivity index (χ0n) is 15.2. The quantitative estimate of drug-likeness (QED) is 0.634. The van der Waals surface area contributed by atoms with E-state index in [-0.39, 0.29) is 11.9 Å². The lowest BCUT2D eigenvalue weighted by Gasteiger charge is -2.15. The van der Waals surface area contributed by atoms with E-state index in [9.17, 15) is 9.59 Å². The number of rotatable bonds is 6. The molecular weight excluding hydrogens is 376 g/mol. The van der Waals surface area contributed by atoms with Gasteiger partial charge in [-0.25, -0.2) is 0 Å². The molecule has 6 heteroatoms. The number of carbonyl (C=O) groups is 2. The Morgan fingerprint density at radius 2 is 1.50 bits per heavy atom. The first-order chi connectivity index (χ1) is 13.4. The van der Waals surface area contributed by atoms with E-state index in [0.29, 0.717) is 27.6 Å².